The summed E-state index contributed by atoms with van der Waals surface area (Å²) >= 11 is 0. The summed E-state index contributed by atoms with van der Waals surface area (Å²) in [7, 11) is 0. The number of aromatic nitrogens is 2. The second kappa shape index (κ2) is 5.53. The average Bonchev–Trinajstić information content (AvgIpc) is 2.47. The van der Waals surface area contributed by atoms with E-state index in [0.29, 0.717) is 6.04 Å². The SMILES string of the molecule is CCNC1CCCN(c2cnc3ccccc3n2)C1. The summed E-state index contributed by atoms with van der Waals surface area (Å²) in [6, 6.07) is 8.62. The molecule has 1 aromatic heterocycles. The fourth-order valence-corrected chi connectivity index (χ4v) is 2.74. The highest BCUT2D eigenvalue weighted by molar-refractivity contribution is 5.75. The number of piperidine rings is 1. The van der Waals surface area contributed by atoms with Gasteiger partial charge in [0, 0.05) is 19.1 Å². The predicted octanol–water partition coefficient (Wildman–Crippen LogP) is 2.21. The number of fused-ring (bicyclic) bond motifs is 1. The van der Waals surface area contributed by atoms with E-state index < -0.39 is 0 Å². The van der Waals surface area contributed by atoms with E-state index in [1.54, 1.807) is 0 Å². The largest absolute Gasteiger partial charge is 0.354 e. The van der Waals surface area contributed by atoms with E-state index in [2.05, 4.69) is 22.1 Å². The highest BCUT2D eigenvalue weighted by atomic mass is 15.2. The van der Waals surface area contributed by atoms with Crippen molar-refractivity contribution in [3.63, 3.8) is 0 Å². The molecule has 1 aromatic carbocycles. The van der Waals surface area contributed by atoms with Crippen LogP contribution < -0.4 is 10.2 Å². The van der Waals surface area contributed by atoms with Gasteiger partial charge in [-0.2, -0.15) is 0 Å². The molecule has 1 aliphatic heterocycles. The zero-order valence-corrected chi connectivity index (χ0v) is 11.3. The minimum absolute atomic E-state index is 0.576. The summed E-state index contributed by atoms with van der Waals surface area (Å²) in [5.41, 5.74) is 1.94. The summed E-state index contributed by atoms with van der Waals surface area (Å²) in [6.45, 7) is 5.30. The van der Waals surface area contributed by atoms with Crippen LogP contribution in [0.5, 0.6) is 0 Å². The number of anilines is 1. The number of nitrogens with one attached hydrogen (secondary N) is 1. The van der Waals surface area contributed by atoms with Crippen molar-refractivity contribution in [1.29, 1.82) is 0 Å². The van der Waals surface area contributed by atoms with Gasteiger partial charge in [-0.1, -0.05) is 19.1 Å². The van der Waals surface area contributed by atoms with Gasteiger partial charge in [-0.3, -0.25) is 4.98 Å². The molecule has 0 saturated carbocycles. The lowest BCUT2D eigenvalue weighted by Crippen LogP contribution is -2.46. The Morgan fingerprint density at radius 3 is 3.00 bits per heavy atom. The van der Waals surface area contributed by atoms with Crippen LogP contribution in [0.15, 0.2) is 30.5 Å². The van der Waals surface area contributed by atoms with E-state index in [0.717, 1.165) is 36.5 Å². The molecule has 0 spiro atoms. The molecule has 3 rings (SSSR count). The van der Waals surface area contributed by atoms with Crippen LogP contribution in [-0.2, 0) is 0 Å². The molecule has 0 radical (unpaired) electrons. The predicted molar refractivity (Wildman–Crippen MR) is 78.4 cm³/mol. The van der Waals surface area contributed by atoms with E-state index >= 15 is 0 Å². The third kappa shape index (κ3) is 2.68. The molecule has 4 heteroatoms. The Morgan fingerprint density at radius 1 is 1.32 bits per heavy atom. The van der Waals surface area contributed by atoms with Crippen LogP contribution >= 0.6 is 0 Å². The molecule has 4 nitrogen and oxygen atoms in total. The number of hydrogen-bond acceptors (Lipinski definition) is 4. The molecule has 1 saturated heterocycles. The van der Waals surface area contributed by atoms with Gasteiger partial charge in [0.2, 0.25) is 0 Å². The first-order chi connectivity index (χ1) is 9.36. The van der Waals surface area contributed by atoms with Crippen LogP contribution in [-0.4, -0.2) is 35.6 Å². The molecule has 1 atom stereocenters. The molecule has 0 aliphatic carbocycles. The van der Waals surface area contributed by atoms with Gasteiger partial charge < -0.3 is 10.2 Å². The zero-order valence-electron chi connectivity index (χ0n) is 11.3. The van der Waals surface area contributed by atoms with Crippen LogP contribution in [0.4, 0.5) is 5.82 Å². The maximum atomic E-state index is 4.73. The van der Waals surface area contributed by atoms with Gasteiger partial charge in [-0.05, 0) is 31.5 Å². The van der Waals surface area contributed by atoms with Crippen molar-refractivity contribution in [1.82, 2.24) is 15.3 Å². The van der Waals surface area contributed by atoms with Gasteiger partial charge in [-0.25, -0.2) is 4.98 Å². The molecule has 2 heterocycles. The summed E-state index contributed by atoms with van der Waals surface area (Å²) in [5, 5.41) is 3.53. The van der Waals surface area contributed by atoms with E-state index in [9.17, 15) is 0 Å². The van der Waals surface area contributed by atoms with Crippen molar-refractivity contribution in [2.75, 3.05) is 24.5 Å². The van der Waals surface area contributed by atoms with E-state index in [-0.39, 0.29) is 0 Å². The standard InChI is InChI=1S/C15H20N4/c1-2-16-12-6-5-9-19(11-12)15-10-17-13-7-3-4-8-14(13)18-15/h3-4,7-8,10,12,16H,2,5-6,9,11H2,1H3. The first-order valence-corrected chi connectivity index (χ1v) is 7.07. The van der Waals surface area contributed by atoms with Crippen LogP contribution in [0, 0.1) is 0 Å². The molecule has 1 unspecified atom stereocenters. The molecule has 1 N–H and O–H groups in total. The minimum atomic E-state index is 0.576. The molecule has 0 amide bonds. The van der Waals surface area contributed by atoms with Crippen molar-refractivity contribution in [2.45, 2.75) is 25.8 Å². The number of benzene rings is 1. The Hall–Kier alpha value is -1.68. The molecule has 1 aliphatic rings. The fourth-order valence-electron chi connectivity index (χ4n) is 2.74. The smallest absolute Gasteiger partial charge is 0.147 e. The maximum Gasteiger partial charge on any atom is 0.147 e. The molecular weight excluding hydrogens is 236 g/mol. The lowest BCUT2D eigenvalue weighted by atomic mass is 10.1. The molecule has 19 heavy (non-hydrogen) atoms. The summed E-state index contributed by atoms with van der Waals surface area (Å²) < 4.78 is 0. The summed E-state index contributed by atoms with van der Waals surface area (Å²) in [4.78, 5) is 11.6. The Labute approximate surface area is 113 Å². The second-order valence-electron chi connectivity index (χ2n) is 5.06. The second-order valence-corrected chi connectivity index (χ2v) is 5.06. The summed E-state index contributed by atoms with van der Waals surface area (Å²) in [6.07, 6.45) is 4.37. The molecule has 0 bridgehead atoms. The van der Waals surface area contributed by atoms with E-state index in [4.69, 9.17) is 4.98 Å². The molecule has 100 valence electrons. The van der Waals surface area contributed by atoms with Crippen LogP contribution in [0.1, 0.15) is 19.8 Å². The first kappa shape index (κ1) is 12.4. The molecule has 1 fully saturated rings. The highest BCUT2D eigenvalue weighted by Crippen LogP contribution is 2.19. The van der Waals surface area contributed by atoms with E-state index in [1.807, 2.05) is 30.5 Å². The monoisotopic (exact) mass is 256 g/mol. The number of para-hydroxylation sites is 2. The van der Waals surface area contributed by atoms with Gasteiger partial charge in [-0.15, -0.1) is 0 Å². The lowest BCUT2D eigenvalue weighted by Gasteiger charge is -2.33. The molecule has 2 aromatic rings. The Balaban J connectivity index is 1.83. The first-order valence-electron chi connectivity index (χ1n) is 7.07. The fraction of sp³-hybridized carbons (Fsp3) is 0.467. The molecular formula is C15H20N4. The maximum absolute atomic E-state index is 4.73. The Kier molecular flexibility index (Phi) is 3.60. The number of nitrogens with zero attached hydrogens (tertiary/aromatic N) is 3. The van der Waals surface area contributed by atoms with Gasteiger partial charge in [0.05, 0.1) is 17.2 Å². The third-order valence-electron chi connectivity index (χ3n) is 3.67. The quantitative estimate of drug-likeness (QED) is 0.914. The van der Waals surface area contributed by atoms with Crippen molar-refractivity contribution in [3.05, 3.63) is 30.5 Å². The van der Waals surface area contributed by atoms with Gasteiger partial charge in [0.1, 0.15) is 5.82 Å². The normalized spacial score (nSPS) is 19.8. The van der Waals surface area contributed by atoms with Crippen molar-refractivity contribution >= 4 is 16.9 Å². The van der Waals surface area contributed by atoms with E-state index in [1.165, 1.54) is 12.8 Å². The number of rotatable bonds is 3. The number of likely N-dealkylation sites (N-methyl/N-ethyl adjacent to an activating group) is 1. The van der Waals surface area contributed by atoms with Crippen LogP contribution in [0.2, 0.25) is 0 Å². The lowest BCUT2D eigenvalue weighted by molar-refractivity contribution is 0.429. The Morgan fingerprint density at radius 2 is 2.16 bits per heavy atom. The highest BCUT2D eigenvalue weighted by Gasteiger charge is 2.20. The Bertz CT molecular complexity index is 553. The van der Waals surface area contributed by atoms with Gasteiger partial charge in [0.15, 0.2) is 0 Å². The van der Waals surface area contributed by atoms with Crippen LogP contribution in [0.3, 0.4) is 0 Å². The minimum Gasteiger partial charge on any atom is -0.354 e. The third-order valence-corrected chi connectivity index (χ3v) is 3.67. The van der Waals surface area contributed by atoms with Crippen molar-refractivity contribution in [2.24, 2.45) is 0 Å². The summed E-state index contributed by atoms with van der Waals surface area (Å²) in [5.74, 6) is 1.00. The van der Waals surface area contributed by atoms with Crippen molar-refractivity contribution in [3.8, 4) is 0 Å². The zero-order chi connectivity index (χ0) is 13.1. The van der Waals surface area contributed by atoms with Gasteiger partial charge in [0.25, 0.3) is 0 Å². The van der Waals surface area contributed by atoms with Crippen molar-refractivity contribution < 1.29 is 0 Å². The van der Waals surface area contributed by atoms with Crippen LogP contribution in [0.25, 0.3) is 11.0 Å². The topological polar surface area (TPSA) is 41.0 Å². The number of hydrogen-bond donors (Lipinski definition) is 1. The van der Waals surface area contributed by atoms with Gasteiger partial charge >= 0.3 is 0 Å². The average molecular weight is 256 g/mol.